The maximum Gasteiger partial charge on any atom is 0.416 e. The third-order valence-electron chi connectivity index (χ3n) is 5.32. The number of nitrogens with zero attached hydrogens (tertiary/aromatic N) is 3. The maximum absolute atomic E-state index is 12.9. The predicted octanol–water partition coefficient (Wildman–Crippen LogP) is 5.27. The number of halogens is 3. The Morgan fingerprint density at radius 2 is 1.71 bits per heavy atom. The van der Waals surface area contributed by atoms with Gasteiger partial charge in [0.1, 0.15) is 5.82 Å². The van der Waals surface area contributed by atoms with Gasteiger partial charge in [-0.15, -0.1) is 0 Å². The van der Waals surface area contributed by atoms with Crippen molar-refractivity contribution in [3.63, 3.8) is 0 Å². The summed E-state index contributed by atoms with van der Waals surface area (Å²) in [4.78, 5) is 4.04. The summed E-state index contributed by atoms with van der Waals surface area (Å²) < 4.78 is 40.7. The van der Waals surface area contributed by atoms with Gasteiger partial charge in [-0.2, -0.15) is 18.3 Å². The van der Waals surface area contributed by atoms with E-state index in [4.69, 9.17) is 5.73 Å². The second-order valence-electron chi connectivity index (χ2n) is 7.60. The molecule has 0 aliphatic heterocycles. The zero-order valence-electron chi connectivity index (χ0n) is 16.3. The molecule has 0 amide bonds. The summed E-state index contributed by atoms with van der Waals surface area (Å²) in [7, 11) is 0. The largest absolute Gasteiger partial charge is 0.416 e. The molecular weight excluding hydrogens is 401 g/mol. The molecule has 0 unspecified atom stereocenters. The maximum atomic E-state index is 12.9. The summed E-state index contributed by atoms with van der Waals surface area (Å²) in [5, 5.41) is 4.52. The van der Waals surface area contributed by atoms with Crippen molar-refractivity contribution >= 4 is 11.3 Å². The second-order valence-corrected chi connectivity index (χ2v) is 7.60. The van der Waals surface area contributed by atoms with Crippen LogP contribution in [0, 0.1) is 11.8 Å². The summed E-state index contributed by atoms with van der Waals surface area (Å²) in [5.41, 5.74) is 9.88. The van der Waals surface area contributed by atoms with E-state index in [2.05, 4.69) is 21.9 Å². The van der Waals surface area contributed by atoms with E-state index in [0.717, 1.165) is 58.4 Å². The molecule has 5 rings (SSSR count). The fraction of sp³-hybridized carbons (Fsp3) is 0.167. The molecule has 0 atom stereocenters. The Morgan fingerprint density at radius 3 is 2.35 bits per heavy atom. The van der Waals surface area contributed by atoms with Gasteiger partial charge in [0.2, 0.25) is 0 Å². The van der Waals surface area contributed by atoms with Crippen molar-refractivity contribution in [2.75, 3.05) is 5.73 Å². The highest BCUT2D eigenvalue weighted by Crippen LogP contribution is 2.42. The first-order valence-corrected chi connectivity index (χ1v) is 9.81. The summed E-state index contributed by atoms with van der Waals surface area (Å²) >= 11 is 0. The molecule has 2 N–H and O–H groups in total. The first-order chi connectivity index (χ1) is 14.9. The molecule has 154 valence electrons. The Kier molecular flexibility index (Phi) is 4.44. The minimum atomic E-state index is -4.35. The molecule has 1 aliphatic rings. The van der Waals surface area contributed by atoms with Crippen molar-refractivity contribution < 1.29 is 13.2 Å². The molecule has 31 heavy (non-hydrogen) atoms. The van der Waals surface area contributed by atoms with Crippen LogP contribution in [0.25, 0.3) is 16.6 Å². The van der Waals surface area contributed by atoms with Gasteiger partial charge in [0, 0.05) is 23.4 Å². The number of fused-ring (bicyclic) bond motifs is 1. The monoisotopic (exact) mass is 418 g/mol. The standard InChI is InChI=1S/C24H17F3N4/c25-24(26,27)20-8-6-16(7-9-20)19-11-21(17-4-5-17)31-22(12-19)18(14-30-31)3-1-15-2-10-23(28)29-13-15/h2,6-14,17H,4-5H2,(H2,28,29). The molecule has 3 heterocycles. The average Bonchev–Trinajstić information content (AvgIpc) is 3.52. The third-order valence-corrected chi connectivity index (χ3v) is 5.32. The molecule has 4 aromatic rings. The lowest BCUT2D eigenvalue weighted by atomic mass is 10.0. The fourth-order valence-corrected chi connectivity index (χ4v) is 3.52. The molecule has 7 heteroatoms. The predicted molar refractivity (Wildman–Crippen MR) is 112 cm³/mol. The van der Waals surface area contributed by atoms with Crippen LogP contribution in [0.3, 0.4) is 0 Å². The Balaban J connectivity index is 1.59. The van der Waals surface area contributed by atoms with Crippen LogP contribution in [0.4, 0.5) is 19.0 Å². The van der Waals surface area contributed by atoms with Gasteiger partial charge in [-0.1, -0.05) is 24.0 Å². The minimum absolute atomic E-state index is 0.402. The molecule has 1 saturated carbocycles. The van der Waals surface area contributed by atoms with Crippen LogP contribution in [-0.4, -0.2) is 14.6 Å². The lowest BCUT2D eigenvalue weighted by molar-refractivity contribution is -0.137. The highest BCUT2D eigenvalue weighted by Gasteiger charge is 2.30. The zero-order valence-corrected chi connectivity index (χ0v) is 16.3. The molecule has 0 radical (unpaired) electrons. The second kappa shape index (κ2) is 7.17. The number of aromatic nitrogens is 3. The van der Waals surface area contributed by atoms with Gasteiger partial charge in [0.25, 0.3) is 0 Å². The Labute approximate surface area is 176 Å². The Hall–Kier alpha value is -3.79. The molecule has 1 aromatic carbocycles. The number of nitrogens with two attached hydrogens (primary N) is 1. The molecule has 0 spiro atoms. The molecule has 1 aliphatic carbocycles. The zero-order chi connectivity index (χ0) is 21.6. The number of benzene rings is 1. The molecular formula is C24H17F3N4. The van der Waals surface area contributed by atoms with E-state index in [1.807, 2.05) is 16.6 Å². The highest BCUT2D eigenvalue weighted by atomic mass is 19.4. The molecule has 4 nitrogen and oxygen atoms in total. The summed E-state index contributed by atoms with van der Waals surface area (Å²) in [5.74, 6) is 7.03. The van der Waals surface area contributed by atoms with Gasteiger partial charge in [-0.05, 0) is 60.4 Å². The van der Waals surface area contributed by atoms with E-state index in [0.29, 0.717) is 11.7 Å². The van der Waals surface area contributed by atoms with Crippen LogP contribution in [0.2, 0.25) is 0 Å². The van der Waals surface area contributed by atoms with Crippen molar-refractivity contribution in [2.45, 2.75) is 24.9 Å². The van der Waals surface area contributed by atoms with E-state index in [9.17, 15) is 13.2 Å². The van der Waals surface area contributed by atoms with Gasteiger partial charge in [0.05, 0.1) is 22.8 Å². The molecule has 0 bridgehead atoms. The van der Waals surface area contributed by atoms with E-state index in [-0.39, 0.29) is 0 Å². The van der Waals surface area contributed by atoms with E-state index >= 15 is 0 Å². The van der Waals surface area contributed by atoms with Crippen LogP contribution in [-0.2, 0) is 6.18 Å². The van der Waals surface area contributed by atoms with Crippen LogP contribution in [0.5, 0.6) is 0 Å². The van der Waals surface area contributed by atoms with Crippen molar-refractivity contribution in [3.05, 3.63) is 83.3 Å². The SMILES string of the molecule is Nc1ccc(C#Cc2cnn3c(C4CC4)cc(-c4ccc(C(F)(F)F)cc4)cc23)cn1. The van der Waals surface area contributed by atoms with Crippen molar-refractivity contribution in [2.24, 2.45) is 0 Å². The lowest BCUT2D eigenvalue weighted by Crippen LogP contribution is -2.04. The summed E-state index contributed by atoms with van der Waals surface area (Å²) in [6, 6.07) is 12.7. The number of alkyl halides is 3. The van der Waals surface area contributed by atoms with Crippen molar-refractivity contribution in [1.29, 1.82) is 0 Å². The number of hydrogen-bond donors (Lipinski definition) is 1. The van der Waals surface area contributed by atoms with Crippen LogP contribution in [0.1, 0.15) is 41.1 Å². The normalized spacial score (nSPS) is 13.8. The third kappa shape index (κ3) is 3.84. The topological polar surface area (TPSA) is 56.2 Å². The van der Waals surface area contributed by atoms with Gasteiger partial charge in [0.15, 0.2) is 0 Å². The molecule has 1 fully saturated rings. The molecule has 0 saturated heterocycles. The van der Waals surface area contributed by atoms with Gasteiger partial charge in [-0.25, -0.2) is 9.50 Å². The number of nitrogen functional groups attached to an aromatic ring is 1. The first kappa shape index (κ1) is 19.2. The van der Waals surface area contributed by atoms with Crippen LogP contribution in [0.15, 0.2) is 60.9 Å². The highest BCUT2D eigenvalue weighted by molar-refractivity contribution is 5.74. The number of pyridine rings is 2. The van der Waals surface area contributed by atoms with Crippen molar-refractivity contribution in [1.82, 2.24) is 14.6 Å². The summed E-state index contributed by atoms with van der Waals surface area (Å²) in [6.07, 6.45) is 1.12. The van der Waals surface area contributed by atoms with Gasteiger partial charge in [-0.3, -0.25) is 0 Å². The lowest BCUT2D eigenvalue weighted by Gasteiger charge is -2.10. The molecule has 3 aromatic heterocycles. The van der Waals surface area contributed by atoms with Gasteiger partial charge < -0.3 is 5.73 Å². The number of anilines is 1. The van der Waals surface area contributed by atoms with Crippen LogP contribution < -0.4 is 5.73 Å². The summed E-state index contributed by atoms with van der Waals surface area (Å²) in [6.45, 7) is 0. The minimum Gasteiger partial charge on any atom is -0.384 e. The smallest absolute Gasteiger partial charge is 0.384 e. The quantitative estimate of drug-likeness (QED) is 0.451. The van der Waals surface area contributed by atoms with Gasteiger partial charge >= 0.3 is 6.18 Å². The van der Waals surface area contributed by atoms with E-state index in [1.165, 1.54) is 12.1 Å². The number of rotatable bonds is 2. The number of hydrogen-bond acceptors (Lipinski definition) is 3. The Bertz CT molecular complexity index is 1320. The van der Waals surface area contributed by atoms with Crippen molar-refractivity contribution in [3.8, 4) is 23.0 Å². The first-order valence-electron chi connectivity index (χ1n) is 9.81. The van der Waals surface area contributed by atoms with E-state index < -0.39 is 11.7 Å². The van der Waals surface area contributed by atoms with Crippen LogP contribution >= 0.6 is 0 Å². The fourth-order valence-electron chi connectivity index (χ4n) is 3.52. The average molecular weight is 418 g/mol. The van der Waals surface area contributed by atoms with E-state index in [1.54, 1.807) is 24.5 Å². The Morgan fingerprint density at radius 1 is 0.935 bits per heavy atom.